The fraction of sp³-hybridized carbons (Fsp3) is 0.417. The van der Waals surface area contributed by atoms with Crippen molar-refractivity contribution in [3.63, 3.8) is 0 Å². The summed E-state index contributed by atoms with van der Waals surface area (Å²) in [5.74, 6) is -1.42. The minimum absolute atomic E-state index is 0.0995. The molecule has 0 spiro atoms. The van der Waals surface area contributed by atoms with Gasteiger partial charge in [-0.25, -0.2) is 4.79 Å². The average Bonchev–Trinajstić information content (AvgIpc) is 2.37. The van der Waals surface area contributed by atoms with Crippen molar-refractivity contribution in [3.8, 4) is 0 Å². The molecule has 0 aliphatic carbocycles. The quantitative estimate of drug-likeness (QED) is 0.457. The maximum absolute atomic E-state index is 11.1. The molecule has 0 aliphatic rings. The van der Waals surface area contributed by atoms with Gasteiger partial charge in [-0.1, -0.05) is 42.4 Å². The number of rotatable bonds is 7. The van der Waals surface area contributed by atoms with E-state index in [1.54, 1.807) is 6.92 Å². The molecule has 0 fully saturated rings. The summed E-state index contributed by atoms with van der Waals surface area (Å²) >= 11 is 0. The third-order valence-electron chi connectivity index (χ3n) is 2.47. The van der Waals surface area contributed by atoms with Gasteiger partial charge in [0.1, 0.15) is 0 Å². The molecule has 6 heteroatoms. The molecule has 1 aromatic rings. The van der Waals surface area contributed by atoms with Crippen LogP contribution >= 0.6 is 0 Å². The lowest BCUT2D eigenvalue weighted by Gasteiger charge is -2.19. The van der Waals surface area contributed by atoms with Crippen LogP contribution < -0.4 is 0 Å². The monoisotopic (exact) mass is 249 g/mol. The number of aliphatic carboxylic acids is 1. The third-order valence-corrected chi connectivity index (χ3v) is 2.47. The first-order valence-corrected chi connectivity index (χ1v) is 5.54. The summed E-state index contributed by atoms with van der Waals surface area (Å²) < 4.78 is 5.37. The van der Waals surface area contributed by atoms with E-state index in [0.717, 1.165) is 5.56 Å². The maximum atomic E-state index is 11.1. The molecule has 6 nitrogen and oxygen atoms in total. The predicted octanol–water partition coefficient (Wildman–Crippen LogP) is 2.60. The second-order valence-corrected chi connectivity index (χ2v) is 3.95. The van der Waals surface area contributed by atoms with Gasteiger partial charge in [0.25, 0.3) is 0 Å². The highest BCUT2D eigenvalue weighted by molar-refractivity contribution is 5.72. The fourth-order valence-corrected chi connectivity index (χ4v) is 1.50. The van der Waals surface area contributed by atoms with Crippen LogP contribution in [0.5, 0.6) is 0 Å². The van der Waals surface area contributed by atoms with Crippen LogP contribution in [0.2, 0.25) is 0 Å². The fourth-order valence-electron chi connectivity index (χ4n) is 1.50. The Morgan fingerprint density at radius 3 is 2.72 bits per heavy atom. The minimum atomic E-state index is -1.05. The predicted molar refractivity (Wildman–Crippen MR) is 65.8 cm³/mol. The number of benzene rings is 1. The molecular weight excluding hydrogens is 234 g/mol. The largest absolute Gasteiger partial charge is 0.479 e. The lowest BCUT2D eigenvalue weighted by Crippen LogP contribution is -2.32. The molecule has 96 valence electrons. The number of carboxylic acid groups (broad SMARTS) is 1. The van der Waals surface area contributed by atoms with Crippen molar-refractivity contribution in [2.45, 2.75) is 19.6 Å². The zero-order valence-corrected chi connectivity index (χ0v) is 10.1. The summed E-state index contributed by atoms with van der Waals surface area (Å²) in [4.78, 5) is 13.7. The van der Waals surface area contributed by atoms with Gasteiger partial charge in [-0.3, -0.25) is 0 Å². The molecule has 0 aliphatic heterocycles. The number of carboxylic acids is 1. The van der Waals surface area contributed by atoms with Gasteiger partial charge in [-0.05, 0) is 17.0 Å². The SMILES string of the molecule is C[C@H](CN=[N+]=[N-])[C@@H](OCc1ccccc1)C(=O)O. The molecule has 18 heavy (non-hydrogen) atoms. The molecule has 0 heterocycles. The number of nitrogens with zero attached hydrogens (tertiary/aromatic N) is 3. The average molecular weight is 249 g/mol. The van der Waals surface area contributed by atoms with Crippen molar-refractivity contribution >= 4 is 5.97 Å². The van der Waals surface area contributed by atoms with E-state index in [2.05, 4.69) is 10.0 Å². The molecule has 0 radical (unpaired) electrons. The number of carbonyl (C=O) groups is 1. The van der Waals surface area contributed by atoms with Crippen LogP contribution in [0.1, 0.15) is 12.5 Å². The molecule has 0 aromatic heterocycles. The Kier molecular flexibility index (Phi) is 5.70. The Bertz CT molecular complexity index is 429. The van der Waals surface area contributed by atoms with Crippen LogP contribution in [0, 0.1) is 5.92 Å². The topological polar surface area (TPSA) is 95.3 Å². The van der Waals surface area contributed by atoms with Crippen LogP contribution in [0.3, 0.4) is 0 Å². The van der Waals surface area contributed by atoms with Crippen LogP contribution in [-0.2, 0) is 16.1 Å². The van der Waals surface area contributed by atoms with Gasteiger partial charge in [0.15, 0.2) is 6.10 Å². The second kappa shape index (κ2) is 7.32. The zero-order valence-electron chi connectivity index (χ0n) is 10.1. The number of hydrogen-bond donors (Lipinski definition) is 1. The van der Waals surface area contributed by atoms with Gasteiger partial charge >= 0.3 is 5.97 Å². The summed E-state index contributed by atoms with van der Waals surface area (Å²) in [7, 11) is 0. The van der Waals surface area contributed by atoms with Crippen molar-refractivity contribution in [2.75, 3.05) is 6.54 Å². The van der Waals surface area contributed by atoms with E-state index < -0.39 is 12.1 Å². The van der Waals surface area contributed by atoms with Crippen LogP contribution in [0.4, 0.5) is 0 Å². The van der Waals surface area contributed by atoms with Crippen molar-refractivity contribution in [1.29, 1.82) is 0 Å². The molecule has 1 aromatic carbocycles. The standard InChI is InChI=1S/C12H15N3O3/c1-9(7-14-15-13)11(12(16)17)18-8-10-5-3-2-4-6-10/h2-6,9,11H,7-8H2,1H3,(H,16,17)/t9-,11-/m1/s1. The van der Waals surface area contributed by atoms with Gasteiger partial charge < -0.3 is 9.84 Å². The number of ether oxygens (including phenoxy) is 1. The first-order valence-electron chi connectivity index (χ1n) is 5.54. The minimum Gasteiger partial charge on any atom is -0.479 e. The summed E-state index contributed by atoms with van der Waals surface area (Å²) in [6.45, 7) is 2.00. The molecule has 0 bridgehead atoms. The molecule has 0 saturated carbocycles. The first-order chi connectivity index (χ1) is 8.65. The van der Waals surface area contributed by atoms with Gasteiger partial charge in [-0.15, -0.1) is 0 Å². The molecule has 2 atom stereocenters. The van der Waals surface area contributed by atoms with Gasteiger partial charge in [0, 0.05) is 11.5 Å². The van der Waals surface area contributed by atoms with Gasteiger partial charge in [0.05, 0.1) is 6.61 Å². The summed E-state index contributed by atoms with van der Waals surface area (Å²) in [6.07, 6.45) is -0.976. The first kappa shape index (κ1) is 14.0. The van der Waals surface area contributed by atoms with Crippen LogP contribution in [0.15, 0.2) is 35.4 Å². The Morgan fingerprint density at radius 1 is 1.50 bits per heavy atom. The maximum Gasteiger partial charge on any atom is 0.333 e. The molecule has 0 amide bonds. The van der Waals surface area contributed by atoms with E-state index in [-0.39, 0.29) is 19.1 Å². The zero-order chi connectivity index (χ0) is 13.4. The van der Waals surface area contributed by atoms with Crippen LogP contribution in [0.25, 0.3) is 10.4 Å². The summed E-state index contributed by atoms with van der Waals surface area (Å²) in [6, 6.07) is 9.31. The molecule has 0 saturated heterocycles. The van der Waals surface area contributed by atoms with E-state index in [1.807, 2.05) is 30.3 Å². The summed E-state index contributed by atoms with van der Waals surface area (Å²) in [5, 5.41) is 12.4. The summed E-state index contributed by atoms with van der Waals surface area (Å²) in [5.41, 5.74) is 9.12. The van der Waals surface area contributed by atoms with E-state index in [4.69, 9.17) is 15.4 Å². The number of hydrogen-bond acceptors (Lipinski definition) is 3. The number of azide groups is 1. The Morgan fingerprint density at radius 2 is 2.17 bits per heavy atom. The van der Waals surface area contributed by atoms with Crippen LogP contribution in [-0.4, -0.2) is 23.7 Å². The van der Waals surface area contributed by atoms with Crippen molar-refractivity contribution in [1.82, 2.24) is 0 Å². The highest BCUT2D eigenvalue weighted by Gasteiger charge is 2.24. The van der Waals surface area contributed by atoms with Gasteiger partial charge in [-0.2, -0.15) is 0 Å². The lowest BCUT2D eigenvalue weighted by molar-refractivity contribution is -0.154. The molecule has 1 rings (SSSR count). The van der Waals surface area contributed by atoms with Crippen molar-refractivity contribution < 1.29 is 14.6 Å². The Labute approximate surface area is 105 Å². The molecular formula is C12H15N3O3. The van der Waals surface area contributed by atoms with E-state index in [9.17, 15) is 4.79 Å². The Balaban J connectivity index is 2.58. The normalized spacial score (nSPS) is 13.4. The highest BCUT2D eigenvalue weighted by atomic mass is 16.5. The highest BCUT2D eigenvalue weighted by Crippen LogP contribution is 2.12. The van der Waals surface area contributed by atoms with Gasteiger partial charge in [0.2, 0.25) is 0 Å². The van der Waals surface area contributed by atoms with Crippen molar-refractivity contribution in [2.24, 2.45) is 11.0 Å². The van der Waals surface area contributed by atoms with E-state index in [0.29, 0.717) is 0 Å². The molecule has 0 unspecified atom stereocenters. The Hall–Kier alpha value is -2.04. The third kappa shape index (κ3) is 4.45. The van der Waals surface area contributed by atoms with Crippen molar-refractivity contribution in [3.05, 3.63) is 46.3 Å². The van der Waals surface area contributed by atoms with E-state index >= 15 is 0 Å². The second-order valence-electron chi connectivity index (χ2n) is 3.95. The molecule has 1 N–H and O–H groups in total. The lowest BCUT2D eigenvalue weighted by atomic mass is 10.1. The smallest absolute Gasteiger partial charge is 0.333 e. The van der Waals surface area contributed by atoms with E-state index in [1.165, 1.54) is 0 Å².